The second-order valence-corrected chi connectivity index (χ2v) is 9.22. The molecule has 3 aromatic rings. The van der Waals surface area contributed by atoms with E-state index >= 15 is 0 Å². The van der Waals surface area contributed by atoms with Gasteiger partial charge >= 0.3 is 12.6 Å². The van der Waals surface area contributed by atoms with Gasteiger partial charge in [-0.3, -0.25) is 4.98 Å². The maximum Gasteiger partial charge on any atom is 0.387 e. The highest BCUT2D eigenvalue weighted by atomic mass is 19.3. The molecule has 0 aliphatic rings. The smallest absolute Gasteiger partial charge is 0.387 e. The van der Waals surface area contributed by atoms with Gasteiger partial charge in [0.2, 0.25) is 0 Å². The molecule has 186 valence electrons. The van der Waals surface area contributed by atoms with Crippen molar-refractivity contribution in [1.82, 2.24) is 9.97 Å². The summed E-state index contributed by atoms with van der Waals surface area (Å²) in [5.74, 6) is -0.940. The molecule has 0 aliphatic heterocycles. The Hall–Kier alpha value is -3.75. The van der Waals surface area contributed by atoms with Crippen LogP contribution in [0.15, 0.2) is 54.9 Å². The first-order valence-electron chi connectivity index (χ1n) is 11.1. The lowest BCUT2D eigenvalue weighted by Gasteiger charge is -2.32. The number of nitrogens with zero attached hydrogens (tertiary/aromatic N) is 3. The zero-order valence-corrected chi connectivity index (χ0v) is 20.3. The molecule has 0 saturated heterocycles. The van der Waals surface area contributed by atoms with Crippen molar-refractivity contribution in [2.24, 2.45) is 0 Å². The average molecular weight is 486 g/mol. The molecule has 2 heterocycles. The van der Waals surface area contributed by atoms with E-state index in [0.717, 1.165) is 5.56 Å². The SMILES string of the molecule is CC(C)Oc1nc(N(Cc2cccnc2)c2cccc(C(=O)O)c2C(C)(C)C)ccc1OC(F)F. The van der Waals surface area contributed by atoms with Crippen LogP contribution >= 0.6 is 0 Å². The van der Waals surface area contributed by atoms with Crippen LogP contribution in [0, 0.1) is 0 Å². The minimum atomic E-state index is -3.04. The lowest BCUT2D eigenvalue weighted by Crippen LogP contribution is -2.26. The molecule has 0 atom stereocenters. The number of rotatable bonds is 9. The van der Waals surface area contributed by atoms with E-state index in [0.29, 0.717) is 23.6 Å². The van der Waals surface area contributed by atoms with E-state index < -0.39 is 18.0 Å². The second kappa shape index (κ2) is 10.7. The molecule has 0 bridgehead atoms. The number of aromatic carboxylic acids is 1. The molecule has 0 amide bonds. The van der Waals surface area contributed by atoms with Crippen molar-refractivity contribution in [2.45, 2.75) is 59.3 Å². The summed E-state index contributed by atoms with van der Waals surface area (Å²) in [6.07, 6.45) is 3.01. The first-order chi connectivity index (χ1) is 16.5. The summed E-state index contributed by atoms with van der Waals surface area (Å²) in [7, 11) is 0. The fraction of sp³-hybridized carbons (Fsp3) is 0.346. The third kappa shape index (κ3) is 6.44. The number of pyridine rings is 2. The van der Waals surface area contributed by atoms with Crippen LogP contribution < -0.4 is 14.4 Å². The fourth-order valence-electron chi connectivity index (χ4n) is 3.76. The Kier molecular flexibility index (Phi) is 7.89. The molecule has 0 spiro atoms. The summed E-state index contributed by atoms with van der Waals surface area (Å²) in [5.41, 5.74) is 1.70. The van der Waals surface area contributed by atoms with Crippen molar-refractivity contribution < 1.29 is 28.2 Å². The summed E-state index contributed by atoms with van der Waals surface area (Å²) < 4.78 is 36.2. The number of carboxylic acids is 1. The van der Waals surface area contributed by atoms with Crippen molar-refractivity contribution >= 4 is 17.5 Å². The predicted molar refractivity (Wildman–Crippen MR) is 129 cm³/mol. The number of ether oxygens (including phenoxy) is 2. The Morgan fingerprint density at radius 2 is 1.83 bits per heavy atom. The van der Waals surface area contributed by atoms with Crippen LogP contribution in [0.2, 0.25) is 0 Å². The van der Waals surface area contributed by atoms with Crippen molar-refractivity contribution in [3.63, 3.8) is 0 Å². The highest BCUT2D eigenvalue weighted by molar-refractivity contribution is 5.92. The van der Waals surface area contributed by atoms with Gasteiger partial charge in [0.1, 0.15) is 5.82 Å². The number of carboxylic acid groups (broad SMARTS) is 1. The number of carbonyl (C=O) groups is 1. The fourth-order valence-corrected chi connectivity index (χ4v) is 3.76. The van der Waals surface area contributed by atoms with Gasteiger partial charge in [0.25, 0.3) is 5.88 Å². The molecule has 0 aliphatic carbocycles. The van der Waals surface area contributed by atoms with Crippen LogP contribution in [0.1, 0.15) is 56.1 Å². The number of anilines is 2. The summed E-state index contributed by atoms with van der Waals surface area (Å²) in [5, 5.41) is 9.91. The quantitative estimate of drug-likeness (QED) is 0.386. The molecule has 1 aromatic carbocycles. The summed E-state index contributed by atoms with van der Waals surface area (Å²) >= 11 is 0. The van der Waals surface area contributed by atoms with E-state index in [4.69, 9.17) is 4.74 Å². The number of aromatic nitrogens is 2. The number of hydrogen-bond acceptors (Lipinski definition) is 6. The normalized spacial score (nSPS) is 11.6. The Bertz CT molecular complexity index is 1170. The zero-order valence-electron chi connectivity index (χ0n) is 20.3. The molecular formula is C26H29F2N3O4. The number of alkyl halides is 2. The van der Waals surface area contributed by atoms with Crippen molar-refractivity contribution in [2.75, 3.05) is 4.90 Å². The van der Waals surface area contributed by atoms with E-state index in [-0.39, 0.29) is 23.3 Å². The number of benzene rings is 1. The van der Waals surface area contributed by atoms with Gasteiger partial charge in [-0.2, -0.15) is 13.8 Å². The topological polar surface area (TPSA) is 84.8 Å². The lowest BCUT2D eigenvalue weighted by atomic mass is 9.82. The molecule has 1 N–H and O–H groups in total. The maximum atomic E-state index is 13.0. The van der Waals surface area contributed by atoms with Crippen LogP contribution in [0.25, 0.3) is 0 Å². The minimum absolute atomic E-state index is 0.0827. The Morgan fingerprint density at radius 1 is 1.09 bits per heavy atom. The third-order valence-corrected chi connectivity index (χ3v) is 5.03. The first-order valence-corrected chi connectivity index (χ1v) is 11.1. The van der Waals surface area contributed by atoms with Gasteiger partial charge in [-0.05, 0) is 60.7 Å². The van der Waals surface area contributed by atoms with Gasteiger partial charge in [0, 0.05) is 18.1 Å². The molecular weight excluding hydrogens is 456 g/mol. The van der Waals surface area contributed by atoms with Crippen LogP contribution in [0.5, 0.6) is 11.6 Å². The predicted octanol–water partition coefficient (Wildman–Crippen LogP) is 6.20. The van der Waals surface area contributed by atoms with Gasteiger partial charge in [-0.1, -0.05) is 32.9 Å². The first kappa shape index (κ1) is 25.9. The molecule has 0 fully saturated rings. The van der Waals surface area contributed by atoms with E-state index in [1.54, 1.807) is 50.5 Å². The van der Waals surface area contributed by atoms with E-state index in [1.807, 2.05) is 37.8 Å². The molecule has 2 aromatic heterocycles. The molecule has 0 unspecified atom stereocenters. The highest BCUT2D eigenvalue weighted by Gasteiger charge is 2.29. The van der Waals surface area contributed by atoms with Gasteiger partial charge in [-0.15, -0.1) is 0 Å². The molecule has 35 heavy (non-hydrogen) atoms. The van der Waals surface area contributed by atoms with E-state index in [9.17, 15) is 18.7 Å². The summed E-state index contributed by atoms with van der Waals surface area (Å²) in [6, 6.07) is 11.7. The molecule has 7 nitrogen and oxygen atoms in total. The van der Waals surface area contributed by atoms with Crippen LogP contribution in [0.3, 0.4) is 0 Å². The Labute approximate surface area is 203 Å². The molecule has 9 heteroatoms. The molecule has 3 rings (SSSR count). The van der Waals surface area contributed by atoms with Crippen LogP contribution in [0.4, 0.5) is 20.3 Å². The van der Waals surface area contributed by atoms with Gasteiger partial charge in [0.05, 0.1) is 18.2 Å². The van der Waals surface area contributed by atoms with Crippen molar-refractivity contribution in [3.8, 4) is 11.6 Å². The van der Waals surface area contributed by atoms with Gasteiger partial charge < -0.3 is 19.5 Å². The third-order valence-electron chi connectivity index (χ3n) is 5.03. The monoisotopic (exact) mass is 485 g/mol. The largest absolute Gasteiger partial charge is 0.478 e. The van der Waals surface area contributed by atoms with Crippen molar-refractivity contribution in [1.29, 1.82) is 0 Å². The van der Waals surface area contributed by atoms with Crippen LogP contribution in [-0.4, -0.2) is 33.8 Å². The average Bonchev–Trinajstić information content (AvgIpc) is 2.77. The Morgan fingerprint density at radius 3 is 2.40 bits per heavy atom. The summed E-state index contributed by atoms with van der Waals surface area (Å²) in [6.45, 7) is 6.55. The summed E-state index contributed by atoms with van der Waals surface area (Å²) in [4.78, 5) is 22.6. The molecule has 0 radical (unpaired) electrons. The number of hydrogen-bond donors (Lipinski definition) is 1. The lowest BCUT2D eigenvalue weighted by molar-refractivity contribution is -0.0523. The highest BCUT2D eigenvalue weighted by Crippen LogP contribution is 2.40. The van der Waals surface area contributed by atoms with Crippen LogP contribution in [-0.2, 0) is 12.0 Å². The van der Waals surface area contributed by atoms with Gasteiger partial charge in [-0.25, -0.2) is 4.79 Å². The van der Waals surface area contributed by atoms with E-state index in [2.05, 4.69) is 14.7 Å². The van der Waals surface area contributed by atoms with Gasteiger partial charge in [0.15, 0.2) is 5.75 Å². The standard InChI is InChI=1S/C26H29F2N3O4/c1-16(2)34-23-20(35-25(27)28)11-12-21(30-23)31(15-17-8-7-13-29-14-17)19-10-6-9-18(24(32)33)22(19)26(3,4)5/h6-14,16,25H,15H2,1-5H3,(H,32,33). The second-order valence-electron chi connectivity index (χ2n) is 9.22. The van der Waals surface area contributed by atoms with Crippen molar-refractivity contribution in [3.05, 3.63) is 71.5 Å². The van der Waals surface area contributed by atoms with E-state index in [1.165, 1.54) is 6.07 Å². The molecule has 0 saturated carbocycles. The Balaban J connectivity index is 2.25. The number of halogens is 2. The maximum absolute atomic E-state index is 13.0. The minimum Gasteiger partial charge on any atom is -0.478 e. The zero-order chi connectivity index (χ0) is 25.8.